The Bertz CT molecular complexity index is 891. The first-order valence-electron chi connectivity index (χ1n) is 7.16. The van der Waals surface area contributed by atoms with Gasteiger partial charge in [-0.1, -0.05) is 0 Å². The van der Waals surface area contributed by atoms with Crippen molar-refractivity contribution in [1.82, 2.24) is 9.97 Å². The largest absolute Gasteiger partial charge is 0.508 e. The molecule has 0 atom stereocenters. The number of hydrogen-bond donors (Lipinski definition) is 2. The first kappa shape index (κ1) is 13.8. The SMILES string of the molecule is Cc1cc(O)ccc1Nc1nc(Cl)nc2sc3c(c12)CCC3. The zero-order valence-corrected chi connectivity index (χ0v) is 13.6. The second-order valence-corrected chi connectivity index (χ2v) is 6.92. The van der Waals surface area contributed by atoms with E-state index in [1.165, 1.54) is 16.9 Å². The highest BCUT2D eigenvalue weighted by Gasteiger charge is 2.22. The molecule has 2 heterocycles. The fourth-order valence-electron chi connectivity index (χ4n) is 2.98. The molecule has 22 heavy (non-hydrogen) atoms. The van der Waals surface area contributed by atoms with Crippen LogP contribution in [-0.4, -0.2) is 15.1 Å². The summed E-state index contributed by atoms with van der Waals surface area (Å²) in [5.74, 6) is 1.01. The van der Waals surface area contributed by atoms with Gasteiger partial charge in [-0.15, -0.1) is 11.3 Å². The molecule has 4 nitrogen and oxygen atoms in total. The quantitative estimate of drug-likeness (QED) is 0.532. The predicted octanol–water partition coefficient (Wildman–Crippen LogP) is 4.59. The van der Waals surface area contributed by atoms with Gasteiger partial charge in [0.1, 0.15) is 16.4 Å². The number of phenolic OH excluding ortho intramolecular Hbond substituents is 1. The second-order valence-electron chi connectivity index (χ2n) is 5.50. The second kappa shape index (κ2) is 5.11. The molecule has 2 N–H and O–H groups in total. The number of aromatic hydroxyl groups is 1. The highest BCUT2D eigenvalue weighted by atomic mass is 35.5. The normalized spacial score (nSPS) is 13.5. The van der Waals surface area contributed by atoms with Crippen LogP contribution in [0.2, 0.25) is 5.28 Å². The van der Waals surface area contributed by atoms with Gasteiger partial charge in [0.25, 0.3) is 0 Å². The Labute approximate surface area is 136 Å². The number of nitrogens with zero attached hydrogens (tertiary/aromatic N) is 2. The van der Waals surface area contributed by atoms with E-state index in [1.807, 2.05) is 13.0 Å². The smallest absolute Gasteiger partial charge is 0.225 e. The summed E-state index contributed by atoms with van der Waals surface area (Å²) in [4.78, 5) is 11.1. The van der Waals surface area contributed by atoms with Gasteiger partial charge < -0.3 is 10.4 Å². The van der Waals surface area contributed by atoms with Gasteiger partial charge in [-0.05, 0) is 67.1 Å². The molecule has 4 rings (SSSR count). The number of aromatic nitrogens is 2. The Morgan fingerprint density at radius 2 is 2.14 bits per heavy atom. The number of nitrogens with one attached hydrogen (secondary N) is 1. The van der Waals surface area contributed by atoms with Crippen LogP contribution in [0.3, 0.4) is 0 Å². The number of aryl methyl sites for hydroxylation is 3. The molecule has 2 aromatic heterocycles. The van der Waals surface area contributed by atoms with E-state index < -0.39 is 0 Å². The minimum absolute atomic E-state index is 0.255. The Balaban J connectivity index is 1.87. The van der Waals surface area contributed by atoms with Crippen molar-refractivity contribution in [2.24, 2.45) is 0 Å². The standard InChI is InChI=1S/C16H14ClN3OS/c1-8-7-9(21)5-6-11(8)18-14-13-10-3-2-4-12(10)22-15(13)20-16(17)19-14/h5-7,21H,2-4H2,1H3,(H,18,19,20). The Morgan fingerprint density at radius 1 is 1.27 bits per heavy atom. The number of phenols is 1. The molecule has 1 aromatic carbocycles. The highest BCUT2D eigenvalue weighted by Crippen LogP contribution is 2.40. The summed E-state index contributed by atoms with van der Waals surface area (Å²) in [5.41, 5.74) is 3.22. The molecule has 0 saturated heterocycles. The molecule has 0 radical (unpaired) electrons. The van der Waals surface area contributed by atoms with Crippen molar-refractivity contribution in [2.75, 3.05) is 5.32 Å². The van der Waals surface area contributed by atoms with Gasteiger partial charge in [-0.25, -0.2) is 4.98 Å². The molecule has 1 aliphatic carbocycles. The maximum atomic E-state index is 9.54. The van der Waals surface area contributed by atoms with Crippen LogP contribution < -0.4 is 5.32 Å². The van der Waals surface area contributed by atoms with Crippen molar-refractivity contribution in [1.29, 1.82) is 0 Å². The van der Waals surface area contributed by atoms with Crippen LogP contribution >= 0.6 is 22.9 Å². The van der Waals surface area contributed by atoms with E-state index in [4.69, 9.17) is 11.6 Å². The van der Waals surface area contributed by atoms with Crippen LogP contribution in [0.1, 0.15) is 22.4 Å². The number of fused-ring (bicyclic) bond motifs is 3. The van der Waals surface area contributed by atoms with E-state index in [0.29, 0.717) is 0 Å². The predicted molar refractivity (Wildman–Crippen MR) is 90.6 cm³/mol. The third kappa shape index (κ3) is 2.21. The van der Waals surface area contributed by atoms with Crippen molar-refractivity contribution >= 4 is 44.7 Å². The molecule has 0 aliphatic heterocycles. The Kier molecular flexibility index (Phi) is 3.20. The lowest BCUT2D eigenvalue weighted by Crippen LogP contribution is -1.98. The van der Waals surface area contributed by atoms with Crippen molar-refractivity contribution in [3.05, 3.63) is 39.5 Å². The van der Waals surface area contributed by atoms with E-state index in [0.717, 1.165) is 40.1 Å². The molecular weight excluding hydrogens is 318 g/mol. The average molecular weight is 332 g/mol. The molecule has 112 valence electrons. The molecule has 0 spiro atoms. The molecule has 0 amide bonds. The van der Waals surface area contributed by atoms with Gasteiger partial charge in [-0.3, -0.25) is 0 Å². The Hall–Kier alpha value is -1.85. The summed E-state index contributed by atoms with van der Waals surface area (Å²) < 4.78 is 0. The average Bonchev–Trinajstić information content (AvgIpc) is 3.01. The zero-order chi connectivity index (χ0) is 15.3. The summed E-state index contributed by atoms with van der Waals surface area (Å²) in [6.45, 7) is 1.94. The fraction of sp³-hybridized carbons (Fsp3) is 0.250. The van der Waals surface area contributed by atoms with Crippen molar-refractivity contribution in [3.63, 3.8) is 0 Å². The molecule has 0 saturated carbocycles. The minimum atomic E-state index is 0.255. The van der Waals surface area contributed by atoms with E-state index >= 15 is 0 Å². The highest BCUT2D eigenvalue weighted by molar-refractivity contribution is 7.19. The van der Waals surface area contributed by atoms with Crippen LogP contribution in [0.25, 0.3) is 10.2 Å². The van der Waals surface area contributed by atoms with E-state index in [9.17, 15) is 5.11 Å². The van der Waals surface area contributed by atoms with Gasteiger partial charge in [0.2, 0.25) is 5.28 Å². The molecule has 6 heteroatoms. The number of benzene rings is 1. The number of rotatable bonds is 2. The first-order chi connectivity index (χ1) is 10.6. The monoisotopic (exact) mass is 331 g/mol. The third-order valence-corrected chi connectivity index (χ3v) is 5.36. The van der Waals surface area contributed by atoms with Crippen LogP contribution in [0.15, 0.2) is 18.2 Å². The minimum Gasteiger partial charge on any atom is -0.508 e. The van der Waals surface area contributed by atoms with Crippen molar-refractivity contribution in [2.45, 2.75) is 26.2 Å². The van der Waals surface area contributed by atoms with Crippen molar-refractivity contribution < 1.29 is 5.11 Å². The van der Waals surface area contributed by atoms with E-state index in [-0.39, 0.29) is 11.0 Å². The maximum absolute atomic E-state index is 9.54. The van der Waals surface area contributed by atoms with E-state index in [2.05, 4.69) is 15.3 Å². The number of hydrogen-bond acceptors (Lipinski definition) is 5. The molecule has 0 fully saturated rings. The fourth-order valence-corrected chi connectivity index (χ4v) is 4.46. The van der Waals surface area contributed by atoms with Gasteiger partial charge >= 0.3 is 0 Å². The zero-order valence-electron chi connectivity index (χ0n) is 12.0. The number of anilines is 2. The van der Waals surface area contributed by atoms with Gasteiger partial charge in [0.15, 0.2) is 0 Å². The van der Waals surface area contributed by atoms with Crippen LogP contribution in [0.5, 0.6) is 5.75 Å². The molecule has 1 aliphatic rings. The van der Waals surface area contributed by atoms with Crippen LogP contribution in [0, 0.1) is 6.92 Å². The first-order valence-corrected chi connectivity index (χ1v) is 8.35. The van der Waals surface area contributed by atoms with Crippen molar-refractivity contribution in [3.8, 4) is 5.75 Å². The van der Waals surface area contributed by atoms with Gasteiger partial charge in [-0.2, -0.15) is 4.98 Å². The summed E-state index contributed by atoms with van der Waals surface area (Å²) in [6.07, 6.45) is 3.38. The third-order valence-electron chi connectivity index (χ3n) is 4.00. The molecule has 3 aromatic rings. The lowest BCUT2D eigenvalue weighted by atomic mass is 10.1. The lowest BCUT2D eigenvalue weighted by Gasteiger charge is -2.11. The summed E-state index contributed by atoms with van der Waals surface area (Å²) in [7, 11) is 0. The van der Waals surface area contributed by atoms with Crippen LogP contribution in [0.4, 0.5) is 11.5 Å². The molecule has 0 unspecified atom stereocenters. The summed E-state index contributed by atoms with van der Waals surface area (Å²) in [5, 5.41) is 14.2. The number of thiophene rings is 1. The molecular formula is C16H14ClN3OS. The van der Waals surface area contributed by atoms with Gasteiger partial charge in [0, 0.05) is 10.6 Å². The van der Waals surface area contributed by atoms with E-state index in [1.54, 1.807) is 23.5 Å². The van der Waals surface area contributed by atoms with Gasteiger partial charge in [0.05, 0.1) is 5.39 Å². The summed E-state index contributed by atoms with van der Waals surface area (Å²) in [6, 6.07) is 5.23. The lowest BCUT2D eigenvalue weighted by molar-refractivity contribution is 0.475. The Morgan fingerprint density at radius 3 is 2.95 bits per heavy atom. The summed E-state index contributed by atoms with van der Waals surface area (Å²) >= 11 is 7.80. The topological polar surface area (TPSA) is 58.0 Å². The maximum Gasteiger partial charge on any atom is 0.225 e. The number of halogens is 1. The van der Waals surface area contributed by atoms with Crippen LogP contribution in [-0.2, 0) is 12.8 Å². The molecule has 0 bridgehead atoms.